The van der Waals surface area contributed by atoms with E-state index in [-0.39, 0.29) is 0 Å². The zero-order chi connectivity index (χ0) is 11.5. The number of nitrogens with two attached hydrogens (primary N) is 1. The Morgan fingerprint density at radius 2 is 2.12 bits per heavy atom. The summed E-state index contributed by atoms with van der Waals surface area (Å²) in [7, 11) is 0. The lowest BCUT2D eigenvalue weighted by molar-refractivity contribution is 1.36. The minimum atomic E-state index is 0.867. The van der Waals surface area contributed by atoms with Crippen LogP contribution in [-0.4, -0.2) is 0 Å². The highest BCUT2D eigenvalue weighted by Gasteiger charge is 2.03. The van der Waals surface area contributed by atoms with Crippen LogP contribution in [0.3, 0.4) is 0 Å². The van der Waals surface area contributed by atoms with Crippen molar-refractivity contribution in [2.45, 2.75) is 17.6 Å². The number of nitrogen functional groups attached to an aromatic ring is 1. The Hall–Kier alpha value is -0.450. The van der Waals surface area contributed by atoms with Crippen LogP contribution in [0.2, 0.25) is 0 Å². The molecule has 2 rings (SSSR count). The first kappa shape index (κ1) is 12.0. The maximum atomic E-state index is 5.93. The van der Waals surface area contributed by atoms with Crippen molar-refractivity contribution in [2.24, 2.45) is 0 Å². The Kier molecular flexibility index (Phi) is 3.95. The summed E-state index contributed by atoms with van der Waals surface area (Å²) in [4.78, 5) is 2.53. The summed E-state index contributed by atoms with van der Waals surface area (Å²) in [5, 5.41) is 0. The van der Waals surface area contributed by atoms with Gasteiger partial charge in [0, 0.05) is 21.2 Å². The Labute approximate surface area is 112 Å². The highest BCUT2D eigenvalue weighted by Crippen LogP contribution is 2.32. The molecule has 1 heterocycles. The Balaban J connectivity index is 2.07. The first-order valence-corrected chi connectivity index (χ1v) is 7.48. The molecule has 1 aromatic carbocycles. The van der Waals surface area contributed by atoms with E-state index in [0.29, 0.717) is 0 Å². The molecule has 1 aromatic heterocycles. The molecule has 0 aliphatic heterocycles. The molecule has 0 aliphatic carbocycles. The number of hydrogen-bond donors (Lipinski definition) is 1. The van der Waals surface area contributed by atoms with Crippen molar-refractivity contribution < 1.29 is 0 Å². The number of thiophene rings is 1. The summed E-state index contributed by atoms with van der Waals surface area (Å²) in [5.74, 6) is 0.976. The molecule has 0 amide bonds. The van der Waals surface area contributed by atoms with Gasteiger partial charge in [-0.15, -0.1) is 23.1 Å². The average Bonchev–Trinajstić information content (AvgIpc) is 2.66. The van der Waals surface area contributed by atoms with Crippen LogP contribution in [0.4, 0.5) is 5.69 Å². The van der Waals surface area contributed by atoms with Gasteiger partial charge in [0.15, 0.2) is 0 Å². The molecule has 0 atom stereocenters. The maximum absolute atomic E-state index is 5.93. The van der Waals surface area contributed by atoms with Gasteiger partial charge in [0.05, 0.1) is 3.79 Å². The summed E-state index contributed by atoms with van der Waals surface area (Å²) in [6, 6.07) is 10.4. The normalized spacial score (nSPS) is 10.6. The molecule has 0 spiro atoms. The number of rotatable bonds is 3. The van der Waals surface area contributed by atoms with E-state index in [1.165, 1.54) is 19.1 Å². The van der Waals surface area contributed by atoms with Gasteiger partial charge in [-0.1, -0.05) is 6.07 Å². The van der Waals surface area contributed by atoms with Crippen molar-refractivity contribution >= 4 is 44.7 Å². The predicted molar refractivity (Wildman–Crippen MR) is 77.2 cm³/mol. The van der Waals surface area contributed by atoms with Crippen LogP contribution >= 0.6 is 39.0 Å². The van der Waals surface area contributed by atoms with Crippen LogP contribution in [0.1, 0.15) is 10.4 Å². The second kappa shape index (κ2) is 5.25. The molecule has 0 aliphatic rings. The maximum Gasteiger partial charge on any atom is 0.0701 e. The molecule has 84 valence electrons. The Morgan fingerprint density at radius 3 is 2.81 bits per heavy atom. The predicted octanol–water partition coefficient (Wildman–Crippen LogP) is 4.69. The fraction of sp³-hybridized carbons (Fsp3) is 0.167. The molecule has 0 unspecified atom stereocenters. The third-order valence-corrected chi connectivity index (χ3v) is 5.09. The molecular weight excluding hydrogens is 302 g/mol. The SMILES string of the molecule is Cc1ccc(N)c(SCc2ccc(Br)s2)c1. The van der Waals surface area contributed by atoms with E-state index in [4.69, 9.17) is 5.73 Å². The number of thioether (sulfide) groups is 1. The molecule has 16 heavy (non-hydrogen) atoms. The van der Waals surface area contributed by atoms with E-state index in [1.807, 2.05) is 12.1 Å². The van der Waals surface area contributed by atoms with Crippen molar-refractivity contribution in [3.8, 4) is 0 Å². The lowest BCUT2D eigenvalue weighted by atomic mass is 10.2. The molecule has 0 saturated heterocycles. The zero-order valence-electron chi connectivity index (χ0n) is 8.87. The third kappa shape index (κ3) is 3.03. The molecule has 4 heteroatoms. The molecule has 0 fully saturated rings. The van der Waals surface area contributed by atoms with E-state index in [9.17, 15) is 0 Å². The molecule has 0 saturated carbocycles. The van der Waals surface area contributed by atoms with Gasteiger partial charge < -0.3 is 5.73 Å². The van der Waals surface area contributed by atoms with E-state index in [0.717, 1.165) is 11.4 Å². The quantitative estimate of drug-likeness (QED) is 0.657. The lowest BCUT2D eigenvalue weighted by Crippen LogP contribution is -1.89. The van der Waals surface area contributed by atoms with E-state index in [1.54, 1.807) is 23.1 Å². The van der Waals surface area contributed by atoms with Crippen LogP contribution < -0.4 is 5.73 Å². The molecule has 1 nitrogen and oxygen atoms in total. The van der Waals surface area contributed by atoms with Crippen LogP contribution in [-0.2, 0) is 5.75 Å². The van der Waals surface area contributed by atoms with Gasteiger partial charge in [-0.2, -0.15) is 0 Å². The number of benzene rings is 1. The van der Waals surface area contributed by atoms with Crippen molar-refractivity contribution in [3.05, 3.63) is 44.6 Å². The monoisotopic (exact) mass is 313 g/mol. The third-order valence-electron chi connectivity index (χ3n) is 2.17. The summed E-state index contributed by atoms with van der Waals surface area (Å²) in [6.07, 6.45) is 0. The van der Waals surface area contributed by atoms with Gasteiger partial charge in [0.25, 0.3) is 0 Å². The summed E-state index contributed by atoms with van der Waals surface area (Å²) < 4.78 is 1.18. The van der Waals surface area contributed by atoms with E-state index >= 15 is 0 Å². The van der Waals surface area contributed by atoms with Gasteiger partial charge in [0.2, 0.25) is 0 Å². The summed E-state index contributed by atoms with van der Waals surface area (Å²) in [6.45, 7) is 2.09. The van der Waals surface area contributed by atoms with Crippen molar-refractivity contribution in [2.75, 3.05) is 5.73 Å². The van der Waals surface area contributed by atoms with Crippen molar-refractivity contribution in [1.82, 2.24) is 0 Å². The minimum absolute atomic E-state index is 0.867. The highest BCUT2D eigenvalue weighted by molar-refractivity contribution is 9.11. The topological polar surface area (TPSA) is 26.0 Å². The van der Waals surface area contributed by atoms with Crippen LogP contribution in [0.25, 0.3) is 0 Å². The fourth-order valence-corrected chi connectivity index (χ4v) is 3.93. The molecule has 0 radical (unpaired) electrons. The smallest absolute Gasteiger partial charge is 0.0701 e. The van der Waals surface area contributed by atoms with E-state index < -0.39 is 0 Å². The minimum Gasteiger partial charge on any atom is -0.398 e. The molecular formula is C12H12BrNS2. The average molecular weight is 314 g/mol. The summed E-state index contributed by atoms with van der Waals surface area (Å²) >= 11 is 7.03. The lowest BCUT2D eigenvalue weighted by Gasteiger charge is -2.05. The Morgan fingerprint density at radius 1 is 1.31 bits per heavy atom. The number of halogens is 1. The van der Waals surface area contributed by atoms with Crippen LogP contribution in [0, 0.1) is 6.92 Å². The second-order valence-electron chi connectivity index (χ2n) is 3.54. The second-order valence-corrected chi connectivity index (χ2v) is 7.10. The molecule has 0 bridgehead atoms. The van der Waals surface area contributed by atoms with Gasteiger partial charge in [-0.3, -0.25) is 0 Å². The van der Waals surface area contributed by atoms with E-state index in [2.05, 4.69) is 41.1 Å². The number of anilines is 1. The number of aryl methyl sites for hydroxylation is 1. The Bertz CT molecular complexity index is 494. The van der Waals surface area contributed by atoms with Crippen LogP contribution in [0.5, 0.6) is 0 Å². The highest BCUT2D eigenvalue weighted by atomic mass is 79.9. The summed E-state index contributed by atoms with van der Waals surface area (Å²) in [5.41, 5.74) is 8.05. The first-order valence-electron chi connectivity index (χ1n) is 4.88. The zero-order valence-corrected chi connectivity index (χ0v) is 12.1. The molecule has 2 aromatic rings. The largest absolute Gasteiger partial charge is 0.398 e. The van der Waals surface area contributed by atoms with Gasteiger partial charge in [0.1, 0.15) is 0 Å². The van der Waals surface area contributed by atoms with Crippen LogP contribution in [0.15, 0.2) is 39.0 Å². The van der Waals surface area contributed by atoms with Gasteiger partial charge in [-0.05, 0) is 52.7 Å². The van der Waals surface area contributed by atoms with Gasteiger partial charge in [-0.25, -0.2) is 0 Å². The van der Waals surface area contributed by atoms with Crippen molar-refractivity contribution in [3.63, 3.8) is 0 Å². The van der Waals surface area contributed by atoms with Gasteiger partial charge >= 0.3 is 0 Å². The van der Waals surface area contributed by atoms with Crippen molar-refractivity contribution in [1.29, 1.82) is 0 Å². The number of hydrogen-bond acceptors (Lipinski definition) is 3. The first-order chi connectivity index (χ1) is 7.65. The molecule has 2 N–H and O–H groups in total. The standard InChI is InChI=1S/C12H12BrNS2/c1-8-2-4-10(14)11(6-8)15-7-9-3-5-12(13)16-9/h2-6H,7,14H2,1H3. The fourth-order valence-electron chi connectivity index (χ4n) is 1.34.